The lowest BCUT2D eigenvalue weighted by molar-refractivity contribution is -0.116. The highest BCUT2D eigenvalue weighted by molar-refractivity contribution is 5.90. The van der Waals surface area contributed by atoms with E-state index in [2.05, 4.69) is 15.4 Å². The first-order valence-electron chi connectivity index (χ1n) is 4.83. The molecule has 0 atom stereocenters. The van der Waals surface area contributed by atoms with Gasteiger partial charge in [-0.25, -0.2) is 4.39 Å². The van der Waals surface area contributed by atoms with Gasteiger partial charge in [0.1, 0.15) is 18.2 Å². The van der Waals surface area contributed by atoms with Crippen LogP contribution >= 0.6 is 0 Å². The Labute approximate surface area is 96.3 Å². The fourth-order valence-electron chi connectivity index (χ4n) is 1.29. The van der Waals surface area contributed by atoms with Gasteiger partial charge in [-0.3, -0.25) is 14.5 Å². The molecule has 1 amide bonds. The summed E-state index contributed by atoms with van der Waals surface area (Å²) in [4.78, 5) is 15.2. The molecule has 0 spiro atoms. The lowest BCUT2D eigenvalue weighted by Crippen LogP contribution is -2.19. The molecule has 6 nitrogen and oxygen atoms in total. The Kier molecular flexibility index (Phi) is 2.99. The predicted molar refractivity (Wildman–Crippen MR) is 59.5 cm³/mol. The molecule has 0 aliphatic heterocycles. The summed E-state index contributed by atoms with van der Waals surface area (Å²) in [6.07, 6.45) is 4.00. The number of nitrogens with zero attached hydrogens (tertiary/aromatic N) is 3. The first-order chi connectivity index (χ1) is 8.13. The van der Waals surface area contributed by atoms with E-state index in [1.165, 1.54) is 16.9 Å². The number of hydrogen-bond donors (Lipinski definition) is 2. The first-order valence-corrected chi connectivity index (χ1v) is 4.83. The number of halogens is 1. The van der Waals surface area contributed by atoms with Crippen molar-refractivity contribution in [1.82, 2.24) is 14.8 Å². The molecule has 2 heterocycles. The molecule has 0 fully saturated rings. The summed E-state index contributed by atoms with van der Waals surface area (Å²) in [7, 11) is 0. The standard InChI is InChI=1S/C10H10FN5O/c11-7-3-8(5-13-4-7)14-10(17)6-16-2-1-9(12)15-16/h1-5H,6H2,(H2,12,15)(H,14,17). The van der Waals surface area contributed by atoms with Gasteiger partial charge in [0.25, 0.3) is 0 Å². The maximum Gasteiger partial charge on any atom is 0.246 e. The Morgan fingerprint density at radius 3 is 3.00 bits per heavy atom. The molecule has 2 aromatic rings. The quantitative estimate of drug-likeness (QED) is 0.817. The molecule has 0 aliphatic carbocycles. The third-order valence-electron chi connectivity index (χ3n) is 1.96. The minimum Gasteiger partial charge on any atom is -0.382 e. The Bertz CT molecular complexity index is 539. The normalized spacial score (nSPS) is 10.2. The van der Waals surface area contributed by atoms with Crippen LogP contribution in [0.3, 0.4) is 0 Å². The van der Waals surface area contributed by atoms with Gasteiger partial charge in [0.05, 0.1) is 18.1 Å². The first kappa shape index (κ1) is 11.1. The largest absolute Gasteiger partial charge is 0.382 e. The summed E-state index contributed by atoms with van der Waals surface area (Å²) in [6.45, 7) is 0.00765. The smallest absolute Gasteiger partial charge is 0.246 e. The molecule has 2 aromatic heterocycles. The van der Waals surface area contributed by atoms with E-state index in [0.29, 0.717) is 11.5 Å². The molecule has 0 saturated carbocycles. The predicted octanol–water partition coefficient (Wildman–Crippen LogP) is 0.638. The summed E-state index contributed by atoms with van der Waals surface area (Å²) in [6, 6.07) is 2.76. The topological polar surface area (TPSA) is 85.8 Å². The number of nitrogen functional groups attached to an aromatic ring is 1. The number of anilines is 2. The van der Waals surface area contributed by atoms with Crippen LogP contribution in [0.5, 0.6) is 0 Å². The molecule has 17 heavy (non-hydrogen) atoms. The van der Waals surface area contributed by atoms with Gasteiger partial charge >= 0.3 is 0 Å². The Morgan fingerprint density at radius 2 is 2.35 bits per heavy atom. The number of aromatic nitrogens is 3. The fraction of sp³-hybridized carbons (Fsp3) is 0.100. The highest BCUT2D eigenvalue weighted by atomic mass is 19.1. The number of amides is 1. The van der Waals surface area contributed by atoms with Crippen molar-refractivity contribution >= 4 is 17.4 Å². The second-order valence-corrected chi connectivity index (χ2v) is 3.38. The van der Waals surface area contributed by atoms with Crippen LogP contribution < -0.4 is 11.1 Å². The molecule has 3 N–H and O–H groups in total. The zero-order chi connectivity index (χ0) is 12.3. The van der Waals surface area contributed by atoms with Crippen molar-refractivity contribution in [2.24, 2.45) is 0 Å². The summed E-state index contributed by atoms with van der Waals surface area (Å²) < 4.78 is 14.2. The lowest BCUT2D eigenvalue weighted by atomic mass is 10.4. The van der Waals surface area contributed by atoms with E-state index in [-0.39, 0.29) is 12.5 Å². The second-order valence-electron chi connectivity index (χ2n) is 3.38. The molecule has 0 saturated heterocycles. The van der Waals surface area contributed by atoms with Crippen LogP contribution in [-0.4, -0.2) is 20.7 Å². The summed E-state index contributed by atoms with van der Waals surface area (Å²) in [5.74, 6) is -0.503. The van der Waals surface area contributed by atoms with Crippen LogP contribution in [0.2, 0.25) is 0 Å². The molecule has 0 radical (unpaired) electrons. The van der Waals surface area contributed by atoms with Crippen LogP contribution in [-0.2, 0) is 11.3 Å². The molecule has 0 aliphatic rings. The minimum atomic E-state index is -0.508. The lowest BCUT2D eigenvalue weighted by Gasteiger charge is -2.04. The van der Waals surface area contributed by atoms with Crippen molar-refractivity contribution in [3.63, 3.8) is 0 Å². The van der Waals surface area contributed by atoms with Crippen molar-refractivity contribution in [3.8, 4) is 0 Å². The van der Waals surface area contributed by atoms with Gasteiger partial charge in [-0.15, -0.1) is 0 Å². The SMILES string of the molecule is Nc1ccn(CC(=O)Nc2cncc(F)c2)n1. The maximum absolute atomic E-state index is 12.8. The van der Waals surface area contributed by atoms with Gasteiger partial charge in [-0.2, -0.15) is 5.10 Å². The van der Waals surface area contributed by atoms with Gasteiger partial charge in [0.2, 0.25) is 5.91 Å². The van der Waals surface area contributed by atoms with E-state index >= 15 is 0 Å². The average molecular weight is 235 g/mol. The van der Waals surface area contributed by atoms with E-state index in [1.54, 1.807) is 12.3 Å². The van der Waals surface area contributed by atoms with Gasteiger partial charge < -0.3 is 11.1 Å². The highest BCUT2D eigenvalue weighted by Crippen LogP contribution is 2.06. The minimum absolute atomic E-state index is 0.00765. The molecule has 0 bridgehead atoms. The third-order valence-corrected chi connectivity index (χ3v) is 1.96. The molecule has 2 rings (SSSR count). The zero-order valence-corrected chi connectivity index (χ0v) is 8.80. The second kappa shape index (κ2) is 4.60. The summed E-state index contributed by atoms with van der Waals surface area (Å²) in [5, 5.41) is 6.35. The number of hydrogen-bond acceptors (Lipinski definition) is 4. The summed E-state index contributed by atoms with van der Waals surface area (Å²) >= 11 is 0. The average Bonchev–Trinajstić information content (AvgIpc) is 2.63. The molecule has 0 aromatic carbocycles. The third kappa shape index (κ3) is 3.00. The fourth-order valence-corrected chi connectivity index (χ4v) is 1.29. The van der Waals surface area contributed by atoms with Crippen molar-refractivity contribution in [1.29, 1.82) is 0 Å². The van der Waals surface area contributed by atoms with E-state index in [4.69, 9.17) is 5.73 Å². The van der Waals surface area contributed by atoms with E-state index in [0.717, 1.165) is 6.20 Å². The molecule has 7 heteroatoms. The van der Waals surface area contributed by atoms with E-state index in [1.807, 2.05) is 0 Å². The van der Waals surface area contributed by atoms with Gasteiger partial charge in [-0.1, -0.05) is 0 Å². The number of rotatable bonds is 3. The highest BCUT2D eigenvalue weighted by Gasteiger charge is 2.05. The van der Waals surface area contributed by atoms with Crippen LogP contribution in [0.15, 0.2) is 30.7 Å². The van der Waals surface area contributed by atoms with Gasteiger partial charge in [0.15, 0.2) is 0 Å². The van der Waals surface area contributed by atoms with Crippen molar-refractivity contribution in [2.45, 2.75) is 6.54 Å². The van der Waals surface area contributed by atoms with E-state index in [9.17, 15) is 9.18 Å². The van der Waals surface area contributed by atoms with Crippen molar-refractivity contribution in [3.05, 3.63) is 36.5 Å². The van der Waals surface area contributed by atoms with Crippen molar-refractivity contribution < 1.29 is 9.18 Å². The van der Waals surface area contributed by atoms with Crippen LogP contribution in [0.4, 0.5) is 15.9 Å². The monoisotopic (exact) mass is 235 g/mol. The molecule has 88 valence electrons. The number of carbonyl (C=O) groups is 1. The van der Waals surface area contributed by atoms with Crippen LogP contribution in [0, 0.1) is 5.82 Å². The number of carbonyl (C=O) groups excluding carboxylic acids is 1. The molecular weight excluding hydrogens is 225 g/mol. The Morgan fingerprint density at radius 1 is 1.53 bits per heavy atom. The molecular formula is C10H10FN5O. The maximum atomic E-state index is 12.8. The zero-order valence-electron chi connectivity index (χ0n) is 8.80. The molecule has 0 unspecified atom stereocenters. The van der Waals surface area contributed by atoms with Crippen LogP contribution in [0.1, 0.15) is 0 Å². The van der Waals surface area contributed by atoms with E-state index < -0.39 is 5.82 Å². The van der Waals surface area contributed by atoms with Gasteiger partial charge in [-0.05, 0) is 6.07 Å². The summed E-state index contributed by atoms with van der Waals surface area (Å²) in [5.41, 5.74) is 5.70. The number of nitrogens with one attached hydrogen (secondary N) is 1. The van der Waals surface area contributed by atoms with Crippen LogP contribution in [0.25, 0.3) is 0 Å². The number of nitrogens with two attached hydrogens (primary N) is 1. The Balaban J connectivity index is 1.98. The Hall–Kier alpha value is -2.44. The van der Waals surface area contributed by atoms with Crippen molar-refractivity contribution in [2.75, 3.05) is 11.1 Å². The van der Waals surface area contributed by atoms with Gasteiger partial charge in [0, 0.05) is 12.3 Å². The number of pyridine rings is 1.